The first-order valence-electron chi connectivity index (χ1n) is 4.19. The zero-order valence-corrected chi connectivity index (χ0v) is 11.5. The average Bonchev–Trinajstić information content (AvgIpc) is 2.16. The van der Waals surface area contributed by atoms with Crippen LogP contribution in [0.3, 0.4) is 0 Å². The van der Waals surface area contributed by atoms with Gasteiger partial charge in [-0.15, -0.1) is 0 Å². The molecule has 5 heteroatoms. The quantitative estimate of drug-likeness (QED) is 0.575. The predicted octanol–water partition coefficient (Wildman–Crippen LogP) is -1.89. The first-order valence-corrected chi connectivity index (χ1v) is 4.56. The molecule has 0 bridgehead atoms. The summed E-state index contributed by atoms with van der Waals surface area (Å²) in [6, 6.07) is 6.73. The first-order chi connectivity index (χ1) is 6.59. The maximum Gasteiger partial charge on any atom is 1.00 e. The summed E-state index contributed by atoms with van der Waals surface area (Å²) in [5, 5.41) is 11.0. The molecule has 0 radical (unpaired) electrons. The maximum absolute atomic E-state index is 10.4. The molecular weight excluding hydrogens is 227 g/mol. The van der Waals surface area contributed by atoms with E-state index < -0.39 is 11.9 Å². The van der Waals surface area contributed by atoms with Gasteiger partial charge in [0.05, 0.1) is 6.61 Å². The minimum atomic E-state index is -1.11. The number of halogens is 1. The van der Waals surface area contributed by atoms with Crippen molar-refractivity contribution >= 4 is 17.6 Å². The molecule has 76 valence electrons. The van der Waals surface area contributed by atoms with Gasteiger partial charge in [0.25, 0.3) is 0 Å². The molecule has 1 aromatic rings. The molecule has 0 aliphatic carbocycles. The van der Waals surface area contributed by atoms with E-state index in [1.165, 1.54) is 6.92 Å². The number of hydrogen-bond donors (Lipinski definition) is 0. The molecule has 0 heterocycles. The zero-order valence-electron chi connectivity index (χ0n) is 8.70. The number of benzene rings is 1. The van der Waals surface area contributed by atoms with Crippen LogP contribution in [0.15, 0.2) is 24.3 Å². The van der Waals surface area contributed by atoms with Crippen LogP contribution in [0.2, 0.25) is 5.02 Å². The van der Waals surface area contributed by atoms with Gasteiger partial charge in [-0.05, 0) is 24.3 Å². The van der Waals surface area contributed by atoms with Crippen LogP contribution < -0.4 is 39.4 Å². The smallest absolute Gasteiger partial charge is 0.550 e. The van der Waals surface area contributed by atoms with Crippen LogP contribution in [0.1, 0.15) is 6.92 Å². The van der Waals surface area contributed by atoms with E-state index in [2.05, 4.69) is 0 Å². The first kappa shape index (κ1) is 14.8. The van der Waals surface area contributed by atoms with Gasteiger partial charge in [0.1, 0.15) is 5.75 Å². The third-order valence-corrected chi connectivity index (χ3v) is 1.97. The Morgan fingerprint density at radius 2 is 2.00 bits per heavy atom. The van der Waals surface area contributed by atoms with E-state index in [1.54, 1.807) is 24.3 Å². The molecule has 0 saturated heterocycles. The summed E-state index contributed by atoms with van der Waals surface area (Å²) in [7, 11) is 0. The van der Waals surface area contributed by atoms with E-state index in [1.807, 2.05) is 0 Å². The molecule has 1 unspecified atom stereocenters. The molecular formula is C10H10ClNaO3. The van der Waals surface area contributed by atoms with Gasteiger partial charge in [-0.3, -0.25) is 0 Å². The molecule has 15 heavy (non-hydrogen) atoms. The monoisotopic (exact) mass is 236 g/mol. The summed E-state index contributed by atoms with van der Waals surface area (Å²) in [6.45, 7) is 1.63. The number of carbonyl (C=O) groups excluding carboxylic acids is 1. The van der Waals surface area contributed by atoms with E-state index >= 15 is 0 Å². The Kier molecular flexibility index (Phi) is 7.02. The molecule has 0 N–H and O–H groups in total. The summed E-state index contributed by atoms with van der Waals surface area (Å²) in [6.07, 6.45) is 0. The van der Waals surface area contributed by atoms with Crippen molar-refractivity contribution in [3.05, 3.63) is 29.3 Å². The Labute approximate surface area is 116 Å². The number of ether oxygens (including phenoxy) is 1. The fourth-order valence-corrected chi connectivity index (χ4v) is 0.946. The second-order valence-corrected chi connectivity index (χ2v) is 3.42. The molecule has 0 saturated carbocycles. The van der Waals surface area contributed by atoms with Crippen LogP contribution >= 0.6 is 11.6 Å². The summed E-state index contributed by atoms with van der Waals surface area (Å²) in [5.41, 5.74) is 0. The fraction of sp³-hybridized carbons (Fsp3) is 0.300. The molecule has 0 spiro atoms. The van der Waals surface area contributed by atoms with Crippen molar-refractivity contribution in [2.75, 3.05) is 6.61 Å². The van der Waals surface area contributed by atoms with Crippen LogP contribution in [-0.4, -0.2) is 12.6 Å². The molecule has 0 aliphatic rings. The predicted molar refractivity (Wildman–Crippen MR) is 51.1 cm³/mol. The topological polar surface area (TPSA) is 49.4 Å². The van der Waals surface area contributed by atoms with Gasteiger partial charge in [0, 0.05) is 16.9 Å². The normalized spacial score (nSPS) is 11.3. The Morgan fingerprint density at radius 3 is 2.47 bits per heavy atom. The van der Waals surface area contributed by atoms with Crippen LogP contribution in [-0.2, 0) is 4.79 Å². The molecule has 0 fully saturated rings. The van der Waals surface area contributed by atoms with Crippen LogP contribution in [0, 0.1) is 5.92 Å². The molecule has 3 nitrogen and oxygen atoms in total. The van der Waals surface area contributed by atoms with Gasteiger partial charge in [0.15, 0.2) is 0 Å². The Bertz CT molecular complexity index is 313. The maximum atomic E-state index is 10.4. The van der Waals surface area contributed by atoms with Crippen molar-refractivity contribution in [2.45, 2.75) is 6.92 Å². The number of aliphatic carboxylic acids is 1. The van der Waals surface area contributed by atoms with E-state index in [9.17, 15) is 9.90 Å². The summed E-state index contributed by atoms with van der Waals surface area (Å²) in [4.78, 5) is 10.4. The minimum absolute atomic E-state index is 0. The molecule has 0 aromatic heterocycles. The second kappa shape index (κ2) is 7.12. The van der Waals surface area contributed by atoms with Gasteiger partial charge in [-0.2, -0.15) is 0 Å². The van der Waals surface area contributed by atoms with Crippen molar-refractivity contribution in [1.29, 1.82) is 0 Å². The van der Waals surface area contributed by atoms with E-state index in [0.29, 0.717) is 10.8 Å². The van der Waals surface area contributed by atoms with E-state index in [-0.39, 0.29) is 36.2 Å². The number of carbonyl (C=O) groups is 1. The minimum Gasteiger partial charge on any atom is -0.550 e. The van der Waals surface area contributed by atoms with Gasteiger partial charge < -0.3 is 14.6 Å². The van der Waals surface area contributed by atoms with Crippen molar-refractivity contribution in [3.63, 3.8) is 0 Å². The van der Waals surface area contributed by atoms with Gasteiger partial charge in [-0.25, -0.2) is 0 Å². The molecule has 1 atom stereocenters. The number of hydrogen-bond acceptors (Lipinski definition) is 3. The van der Waals surface area contributed by atoms with Crippen LogP contribution in [0.4, 0.5) is 0 Å². The standard InChI is InChI=1S/C10H11ClO3.Na/c1-7(10(12)13)6-14-9-4-2-8(11)3-5-9;/h2-5,7H,6H2,1H3,(H,12,13);/q;+1/p-1. The summed E-state index contributed by atoms with van der Waals surface area (Å²) in [5.74, 6) is -1.13. The molecule has 0 aliphatic heterocycles. The molecule has 1 aromatic carbocycles. The molecule has 0 amide bonds. The van der Waals surface area contributed by atoms with Gasteiger partial charge >= 0.3 is 29.6 Å². The SMILES string of the molecule is CC(COc1ccc(Cl)cc1)C(=O)[O-].[Na+]. The summed E-state index contributed by atoms with van der Waals surface area (Å²) < 4.78 is 5.20. The van der Waals surface area contributed by atoms with E-state index in [0.717, 1.165) is 0 Å². The van der Waals surface area contributed by atoms with Crippen molar-refractivity contribution < 1.29 is 44.2 Å². The Hall–Kier alpha value is -0.220. The molecule has 1 rings (SSSR count). The average molecular weight is 237 g/mol. The fourth-order valence-electron chi connectivity index (χ4n) is 0.820. The van der Waals surface area contributed by atoms with E-state index in [4.69, 9.17) is 16.3 Å². The van der Waals surface area contributed by atoms with Crippen LogP contribution in [0.5, 0.6) is 5.75 Å². The third-order valence-electron chi connectivity index (χ3n) is 1.72. The number of rotatable bonds is 4. The Morgan fingerprint density at radius 1 is 1.47 bits per heavy atom. The third kappa shape index (κ3) is 5.42. The van der Waals surface area contributed by atoms with Gasteiger partial charge in [0.2, 0.25) is 0 Å². The van der Waals surface area contributed by atoms with Crippen LogP contribution in [0.25, 0.3) is 0 Å². The largest absolute Gasteiger partial charge is 1.00 e. The number of carboxylic acids is 1. The number of carboxylic acid groups (broad SMARTS) is 1. The van der Waals surface area contributed by atoms with Crippen molar-refractivity contribution in [1.82, 2.24) is 0 Å². The zero-order chi connectivity index (χ0) is 10.6. The second-order valence-electron chi connectivity index (χ2n) is 2.99. The Balaban J connectivity index is 0.00000196. The van der Waals surface area contributed by atoms with Crippen molar-refractivity contribution in [2.24, 2.45) is 5.92 Å². The van der Waals surface area contributed by atoms with Crippen molar-refractivity contribution in [3.8, 4) is 5.75 Å². The summed E-state index contributed by atoms with van der Waals surface area (Å²) >= 11 is 5.67. The van der Waals surface area contributed by atoms with Gasteiger partial charge in [-0.1, -0.05) is 18.5 Å².